The Bertz CT molecular complexity index is 854. The minimum Gasteiger partial charge on any atom is -0.379 e. The number of benzene rings is 3. The van der Waals surface area contributed by atoms with Crippen LogP contribution in [0.2, 0.25) is 0 Å². The van der Waals surface area contributed by atoms with Gasteiger partial charge in [-0.1, -0.05) is 91.0 Å². The molecule has 1 aliphatic heterocycles. The molecule has 0 unspecified atom stereocenters. The molecule has 3 aromatic carbocycles. The van der Waals surface area contributed by atoms with E-state index in [-0.39, 0.29) is 18.0 Å². The van der Waals surface area contributed by atoms with Crippen molar-refractivity contribution in [2.45, 2.75) is 12.1 Å². The molecule has 0 aromatic heterocycles. The highest BCUT2D eigenvalue weighted by molar-refractivity contribution is 5.84. The van der Waals surface area contributed by atoms with Gasteiger partial charge in [-0.05, 0) is 16.7 Å². The summed E-state index contributed by atoms with van der Waals surface area (Å²) in [5, 5.41) is 3.32. The summed E-state index contributed by atoms with van der Waals surface area (Å²) in [6.07, 6.45) is 0. The Morgan fingerprint density at radius 1 is 0.724 bits per heavy atom. The lowest BCUT2D eigenvalue weighted by Crippen LogP contribution is -2.46. The van der Waals surface area contributed by atoms with Crippen LogP contribution < -0.4 is 5.32 Å². The topological polar surface area (TPSA) is 41.6 Å². The second-order valence-corrected chi connectivity index (χ2v) is 7.22. The van der Waals surface area contributed by atoms with E-state index in [0.717, 1.165) is 29.8 Å². The van der Waals surface area contributed by atoms with E-state index in [1.165, 1.54) is 0 Å². The van der Waals surface area contributed by atoms with Gasteiger partial charge in [-0.3, -0.25) is 9.69 Å². The normalized spacial score (nSPS) is 15.8. The third-order valence-electron chi connectivity index (χ3n) is 5.33. The van der Waals surface area contributed by atoms with Crippen molar-refractivity contribution in [3.05, 3.63) is 108 Å². The molecule has 0 spiro atoms. The van der Waals surface area contributed by atoms with Crippen LogP contribution in [0, 0.1) is 0 Å². The van der Waals surface area contributed by atoms with Crippen LogP contribution in [0.1, 0.15) is 28.8 Å². The molecule has 0 bridgehead atoms. The van der Waals surface area contributed by atoms with Gasteiger partial charge in [0.05, 0.1) is 19.3 Å². The minimum absolute atomic E-state index is 0.0100. The summed E-state index contributed by atoms with van der Waals surface area (Å²) in [6, 6.07) is 29.7. The molecule has 0 aliphatic carbocycles. The number of amides is 1. The van der Waals surface area contributed by atoms with E-state index < -0.39 is 0 Å². The van der Waals surface area contributed by atoms with Crippen molar-refractivity contribution in [1.82, 2.24) is 10.2 Å². The molecule has 4 rings (SSSR count). The number of nitrogens with zero attached hydrogens (tertiary/aromatic N) is 1. The number of carbonyl (C=O) groups is 1. The van der Waals surface area contributed by atoms with Crippen molar-refractivity contribution < 1.29 is 9.53 Å². The van der Waals surface area contributed by atoms with E-state index in [0.29, 0.717) is 13.2 Å². The van der Waals surface area contributed by atoms with Crippen molar-refractivity contribution in [3.63, 3.8) is 0 Å². The van der Waals surface area contributed by atoms with E-state index in [2.05, 4.69) is 34.5 Å². The van der Waals surface area contributed by atoms with Crippen molar-refractivity contribution in [2.24, 2.45) is 0 Å². The average Bonchev–Trinajstić information content (AvgIpc) is 2.80. The Hall–Kier alpha value is -2.95. The number of carbonyl (C=O) groups excluding carboxylic acids is 1. The fraction of sp³-hybridized carbons (Fsp3) is 0.240. The zero-order chi connectivity index (χ0) is 19.9. The van der Waals surface area contributed by atoms with Gasteiger partial charge in [0.15, 0.2) is 0 Å². The van der Waals surface area contributed by atoms with Gasteiger partial charge < -0.3 is 10.1 Å². The standard InChI is InChI=1S/C25H26N2O2/c28-25(24(22-14-8-3-9-15-22)27-16-18-29-19-17-27)26-23(20-10-4-1-5-11-20)21-12-6-2-7-13-21/h1-15,23-24H,16-19H2,(H,26,28)/t24-/m1/s1. The van der Waals surface area contributed by atoms with Crippen LogP contribution >= 0.6 is 0 Å². The number of rotatable bonds is 6. The first-order chi connectivity index (χ1) is 14.3. The summed E-state index contributed by atoms with van der Waals surface area (Å²) in [4.78, 5) is 15.8. The molecule has 1 atom stereocenters. The van der Waals surface area contributed by atoms with Crippen molar-refractivity contribution in [2.75, 3.05) is 26.3 Å². The van der Waals surface area contributed by atoms with Gasteiger partial charge in [0, 0.05) is 13.1 Å². The fourth-order valence-corrected chi connectivity index (χ4v) is 3.87. The number of nitrogens with one attached hydrogen (secondary N) is 1. The zero-order valence-corrected chi connectivity index (χ0v) is 16.4. The lowest BCUT2D eigenvalue weighted by molar-refractivity contribution is -0.129. The predicted molar refractivity (Wildman–Crippen MR) is 114 cm³/mol. The van der Waals surface area contributed by atoms with Crippen molar-refractivity contribution >= 4 is 5.91 Å². The molecule has 1 heterocycles. The smallest absolute Gasteiger partial charge is 0.242 e. The molecule has 0 radical (unpaired) electrons. The monoisotopic (exact) mass is 386 g/mol. The fourth-order valence-electron chi connectivity index (χ4n) is 3.87. The SMILES string of the molecule is O=C(NC(c1ccccc1)c1ccccc1)[C@@H](c1ccccc1)N1CCOCC1. The summed E-state index contributed by atoms with van der Waals surface area (Å²) in [7, 11) is 0. The second kappa shape index (κ2) is 9.50. The number of hydrogen-bond acceptors (Lipinski definition) is 3. The van der Waals surface area contributed by atoms with Crippen LogP contribution in [-0.2, 0) is 9.53 Å². The largest absolute Gasteiger partial charge is 0.379 e. The number of morpholine rings is 1. The van der Waals surface area contributed by atoms with Crippen molar-refractivity contribution in [3.8, 4) is 0 Å². The van der Waals surface area contributed by atoms with Crippen LogP contribution in [0.3, 0.4) is 0 Å². The van der Waals surface area contributed by atoms with Gasteiger partial charge in [0.2, 0.25) is 5.91 Å². The number of hydrogen-bond donors (Lipinski definition) is 1. The van der Waals surface area contributed by atoms with E-state index in [1.54, 1.807) is 0 Å². The van der Waals surface area contributed by atoms with Crippen molar-refractivity contribution in [1.29, 1.82) is 0 Å². The summed E-state index contributed by atoms with van der Waals surface area (Å²) in [5.41, 5.74) is 3.15. The molecule has 1 amide bonds. The lowest BCUT2D eigenvalue weighted by atomic mass is 9.97. The molecule has 1 N–H and O–H groups in total. The van der Waals surface area contributed by atoms with Gasteiger partial charge in [-0.25, -0.2) is 0 Å². The second-order valence-electron chi connectivity index (χ2n) is 7.22. The first-order valence-electron chi connectivity index (χ1n) is 10.1. The summed E-state index contributed by atoms with van der Waals surface area (Å²) in [6.45, 7) is 2.79. The summed E-state index contributed by atoms with van der Waals surface area (Å²) >= 11 is 0. The predicted octanol–water partition coefficient (Wildman–Crippen LogP) is 3.97. The third-order valence-corrected chi connectivity index (χ3v) is 5.33. The Labute approximate surface area is 172 Å². The van der Waals surface area contributed by atoms with E-state index in [1.807, 2.05) is 66.7 Å². The zero-order valence-electron chi connectivity index (χ0n) is 16.4. The Balaban J connectivity index is 1.65. The first-order valence-corrected chi connectivity index (χ1v) is 10.1. The molecule has 4 nitrogen and oxygen atoms in total. The van der Waals surface area contributed by atoms with Gasteiger partial charge in [-0.15, -0.1) is 0 Å². The highest BCUT2D eigenvalue weighted by Gasteiger charge is 2.30. The molecular formula is C25H26N2O2. The van der Waals surface area contributed by atoms with E-state index >= 15 is 0 Å². The quantitative estimate of drug-likeness (QED) is 0.697. The average molecular weight is 386 g/mol. The lowest BCUT2D eigenvalue weighted by Gasteiger charge is -2.35. The molecular weight excluding hydrogens is 360 g/mol. The molecule has 148 valence electrons. The first kappa shape index (κ1) is 19.4. The molecule has 1 fully saturated rings. The Kier molecular flexibility index (Phi) is 6.35. The van der Waals surface area contributed by atoms with Gasteiger partial charge >= 0.3 is 0 Å². The maximum atomic E-state index is 13.6. The van der Waals surface area contributed by atoms with Crippen LogP contribution in [-0.4, -0.2) is 37.1 Å². The number of ether oxygens (including phenoxy) is 1. The minimum atomic E-state index is -0.338. The van der Waals surface area contributed by atoms with Gasteiger partial charge in [0.25, 0.3) is 0 Å². The maximum Gasteiger partial charge on any atom is 0.242 e. The Morgan fingerprint density at radius 3 is 1.66 bits per heavy atom. The highest BCUT2D eigenvalue weighted by Crippen LogP contribution is 2.26. The van der Waals surface area contributed by atoms with Crippen LogP contribution in [0.25, 0.3) is 0 Å². The summed E-state index contributed by atoms with van der Waals surface area (Å²) in [5.74, 6) is 0.0100. The van der Waals surface area contributed by atoms with Crippen LogP contribution in [0.5, 0.6) is 0 Å². The van der Waals surface area contributed by atoms with E-state index in [4.69, 9.17) is 4.74 Å². The molecule has 1 aliphatic rings. The molecule has 29 heavy (non-hydrogen) atoms. The van der Waals surface area contributed by atoms with Crippen LogP contribution in [0.4, 0.5) is 0 Å². The molecule has 3 aromatic rings. The third kappa shape index (κ3) is 4.73. The van der Waals surface area contributed by atoms with Gasteiger partial charge in [0.1, 0.15) is 6.04 Å². The maximum absolute atomic E-state index is 13.6. The summed E-state index contributed by atoms with van der Waals surface area (Å²) < 4.78 is 5.51. The Morgan fingerprint density at radius 2 is 1.17 bits per heavy atom. The highest BCUT2D eigenvalue weighted by atomic mass is 16.5. The molecule has 1 saturated heterocycles. The van der Waals surface area contributed by atoms with Crippen LogP contribution in [0.15, 0.2) is 91.0 Å². The van der Waals surface area contributed by atoms with Gasteiger partial charge in [-0.2, -0.15) is 0 Å². The molecule has 0 saturated carbocycles. The molecule has 4 heteroatoms. The van der Waals surface area contributed by atoms with E-state index in [9.17, 15) is 4.79 Å².